The average molecular weight is 776 g/mol. The number of benzene rings is 1. The third kappa shape index (κ3) is 7.62. The topological polar surface area (TPSA) is 212 Å². The van der Waals surface area contributed by atoms with E-state index in [0.29, 0.717) is 25.7 Å². The number of hydrogen-bond acceptors (Lipinski definition) is 11. The molecular weight excluding hydrogens is 729 g/mol. The van der Waals surface area contributed by atoms with Crippen molar-refractivity contribution >= 4 is 44.7 Å². The second kappa shape index (κ2) is 14.8. The maximum Gasteiger partial charge on any atom is 0.405 e. The number of sulfonamides is 1. The molecule has 4 amide bonds. The first-order chi connectivity index (χ1) is 25.5. The minimum atomic E-state index is -4.06. The molecule has 1 saturated heterocycles. The Morgan fingerprint density at radius 2 is 1.91 bits per heavy atom. The summed E-state index contributed by atoms with van der Waals surface area (Å²) < 4.78 is 65.3. The van der Waals surface area contributed by atoms with Crippen molar-refractivity contribution in [3.05, 3.63) is 36.2 Å². The molecule has 2 aliphatic heterocycles. The molecule has 0 unspecified atom stereocenters. The summed E-state index contributed by atoms with van der Waals surface area (Å²) in [6.07, 6.45) is 1.88. The van der Waals surface area contributed by atoms with Crippen LogP contribution in [0.4, 0.5) is 9.18 Å². The van der Waals surface area contributed by atoms with Crippen molar-refractivity contribution in [1.82, 2.24) is 25.2 Å². The zero-order chi connectivity index (χ0) is 39.2. The zero-order valence-electron chi connectivity index (χ0n) is 30.7. The van der Waals surface area contributed by atoms with Crippen molar-refractivity contribution in [3.8, 4) is 17.4 Å². The second-order valence-corrected chi connectivity index (χ2v) is 16.8. The van der Waals surface area contributed by atoms with E-state index in [1.54, 1.807) is 26.8 Å². The van der Waals surface area contributed by atoms with Crippen LogP contribution in [0.25, 0.3) is 10.9 Å². The van der Waals surface area contributed by atoms with E-state index in [2.05, 4.69) is 20.3 Å². The molecule has 2 aromatic rings. The number of pyridine rings is 1. The Bertz CT molecular complexity index is 1970. The highest BCUT2D eigenvalue weighted by Crippen LogP contribution is 2.47. The van der Waals surface area contributed by atoms with Crippen LogP contribution < -0.4 is 29.6 Å². The minimum absolute atomic E-state index is 0.0625. The van der Waals surface area contributed by atoms with Gasteiger partial charge in [-0.1, -0.05) is 19.1 Å². The first kappa shape index (κ1) is 39.0. The highest BCUT2D eigenvalue weighted by Gasteiger charge is 2.63. The van der Waals surface area contributed by atoms with Crippen LogP contribution in [0, 0.1) is 11.7 Å². The Hall–Kier alpha value is -4.71. The standard InChI is InChI=1S/C36H46FN5O11S/c1-6-26-30(39-34(46)47)32(44)42-18-21(53-27-16-29(51-5)38-24-15-28(50-4)23(37)14-22(24)27)13-25(42)31(43)40-36(17-20(36)10-8-7-9-19(2)52-26)33(45)41-54(48,49)35(3)11-12-35/h8,10,14-16,19-21,25-26,30,39H,6-7,9,11-13,17-18H2,1-5H3,(H,40,43)(H,41,45)(H,46,47)/t19-,20-,21-,25+,26+,30+,36-/m1/s1. The van der Waals surface area contributed by atoms with Crippen molar-refractivity contribution in [3.63, 3.8) is 0 Å². The van der Waals surface area contributed by atoms with Gasteiger partial charge < -0.3 is 39.6 Å². The monoisotopic (exact) mass is 775 g/mol. The number of nitrogens with one attached hydrogen (secondary N) is 3. The maximum atomic E-state index is 14.9. The molecule has 2 saturated carbocycles. The van der Waals surface area contributed by atoms with E-state index in [-0.39, 0.29) is 54.1 Å². The number of rotatable bonds is 9. The van der Waals surface area contributed by atoms with Crippen LogP contribution in [0.15, 0.2) is 30.4 Å². The third-order valence-electron chi connectivity index (χ3n) is 10.8. The van der Waals surface area contributed by atoms with Gasteiger partial charge in [-0.25, -0.2) is 22.6 Å². The van der Waals surface area contributed by atoms with Crippen LogP contribution in [0.5, 0.6) is 17.4 Å². The van der Waals surface area contributed by atoms with E-state index in [4.69, 9.17) is 18.9 Å². The van der Waals surface area contributed by atoms with E-state index in [1.165, 1.54) is 37.3 Å². The normalized spacial score (nSPS) is 29.5. The summed E-state index contributed by atoms with van der Waals surface area (Å²) in [4.78, 5) is 60.3. The summed E-state index contributed by atoms with van der Waals surface area (Å²) in [5.41, 5.74) is -1.35. The number of methoxy groups -OCH3 is 2. The lowest BCUT2D eigenvalue weighted by molar-refractivity contribution is -0.145. The molecule has 0 spiro atoms. The number of amides is 4. The number of carboxylic acid groups (broad SMARTS) is 1. The predicted molar refractivity (Wildman–Crippen MR) is 191 cm³/mol. The van der Waals surface area contributed by atoms with E-state index in [0.717, 1.165) is 0 Å². The summed E-state index contributed by atoms with van der Waals surface area (Å²) in [6, 6.07) is 1.25. The molecule has 1 aromatic carbocycles. The number of halogens is 1. The highest BCUT2D eigenvalue weighted by molar-refractivity contribution is 7.91. The van der Waals surface area contributed by atoms with Gasteiger partial charge in [0.2, 0.25) is 27.7 Å². The van der Waals surface area contributed by atoms with Gasteiger partial charge in [-0.15, -0.1) is 0 Å². The fraction of sp³-hybridized carbons (Fsp3) is 0.583. The van der Waals surface area contributed by atoms with Crippen LogP contribution >= 0.6 is 0 Å². The number of fused-ring (bicyclic) bond motifs is 3. The molecule has 1 aromatic heterocycles. The SMILES string of the molecule is CC[C@@H]1O[C@H](C)CCC=C[C@@H]2C[C@@]2(C(=O)NS(=O)(=O)C2(C)CC2)NC(=O)[C@@H]2C[C@@H](Oc3cc(OC)nc4cc(OC)c(F)cc34)CN2C(=O)[C@H]1NC(=O)O. The number of hydrogen-bond donors (Lipinski definition) is 4. The number of carbonyl (C=O) groups excluding carboxylic acids is 3. The van der Waals surface area contributed by atoms with Crippen molar-refractivity contribution in [2.75, 3.05) is 20.8 Å². The fourth-order valence-corrected chi connectivity index (χ4v) is 8.46. The Kier molecular flexibility index (Phi) is 10.7. The van der Waals surface area contributed by atoms with Gasteiger partial charge >= 0.3 is 6.09 Å². The fourth-order valence-electron chi connectivity index (χ4n) is 7.15. The second-order valence-electron chi connectivity index (χ2n) is 14.6. The predicted octanol–water partition coefficient (Wildman–Crippen LogP) is 2.78. The largest absolute Gasteiger partial charge is 0.494 e. The number of nitrogens with zero attached hydrogens (tertiary/aromatic N) is 2. The zero-order valence-corrected chi connectivity index (χ0v) is 31.5. The highest BCUT2D eigenvalue weighted by atomic mass is 32.2. The smallest absolute Gasteiger partial charge is 0.405 e. The lowest BCUT2D eigenvalue weighted by Gasteiger charge is -2.33. The molecule has 3 fully saturated rings. The quantitative estimate of drug-likeness (QED) is 0.271. The number of carbonyl (C=O) groups is 4. The number of aromatic nitrogens is 1. The molecule has 18 heteroatoms. The van der Waals surface area contributed by atoms with Gasteiger partial charge in [-0.2, -0.15) is 0 Å². The molecule has 0 radical (unpaired) electrons. The van der Waals surface area contributed by atoms with E-state index in [1.807, 2.05) is 6.08 Å². The Morgan fingerprint density at radius 3 is 2.56 bits per heavy atom. The number of allylic oxidation sites excluding steroid dienone is 1. The molecule has 3 heterocycles. The van der Waals surface area contributed by atoms with Gasteiger partial charge in [0.05, 0.1) is 43.2 Å². The summed E-state index contributed by atoms with van der Waals surface area (Å²) in [5.74, 6) is -3.45. The molecule has 4 aliphatic rings. The lowest BCUT2D eigenvalue weighted by atomic mass is 10.0. The summed E-state index contributed by atoms with van der Waals surface area (Å²) in [7, 11) is -1.36. The summed E-state index contributed by atoms with van der Waals surface area (Å²) >= 11 is 0. The van der Waals surface area contributed by atoms with Gasteiger partial charge in [0.1, 0.15) is 29.5 Å². The number of ether oxygens (including phenoxy) is 4. The van der Waals surface area contributed by atoms with E-state index < -0.39 is 86.3 Å². The molecule has 4 N–H and O–H groups in total. The third-order valence-corrected chi connectivity index (χ3v) is 13.0. The summed E-state index contributed by atoms with van der Waals surface area (Å²) in [6.45, 7) is 4.87. The molecule has 2 aliphatic carbocycles. The average Bonchev–Trinajstić information content (AvgIpc) is 4.00. The Labute approximate surface area is 312 Å². The van der Waals surface area contributed by atoms with Crippen LogP contribution in [-0.2, 0) is 29.1 Å². The molecule has 294 valence electrons. The Morgan fingerprint density at radius 1 is 1.17 bits per heavy atom. The van der Waals surface area contributed by atoms with Crippen molar-refractivity contribution in [2.24, 2.45) is 5.92 Å². The lowest BCUT2D eigenvalue weighted by Crippen LogP contribution is -2.60. The van der Waals surface area contributed by atoms with Crippen molar-refractivity contribution in [2.45, 2.75) is 106 Å². The van der Waals surface area contributed by atoms with Gasteiger partial charge in [0, 0.05) is 29.9 Å². The van der Waals surface area contributed by atoms with E-state index >= 15 is 0 Å². The maximum absolute atomic E-state index is 14.9. The molecular formula is C36H46FN5O11S. The molecule has 6 rings (SSSR count). The molecule has 54 heavy (non-hydrogen) atoms. The van der Waals surface area contributed by atoms with Crippen LogP contribution in [0.3, 0.4) is 0 Å². The minimum Gasteiger partial charge on any atom is -0.494 e. The summed E-state index contributed by atoms with van der Waals surface area (Å²) in [5, 5.41) is 15.1. The molecule has 16 nitrogen and oxygen atoms in total. The van der Waals surface area contributed by atoms with Crippen molar-refractivity contribution in [1.29, 1.82) is 0 Å². The Balaban J connectivity index is 1.38. The van der Waals surface area contributed by atoms with Gasteiger partial charge in [0.25, 0.3) is 5.91 Å². The molecule has 7 atom stereocenters. The van der Waals surface area contributed by atoms with E-state index in [9.17, 15) is 37.1 Å². The van der Waals surface area contributed by atoms with Crippen LogP contribution in [0.1, 0.15) is 65.7 Å². The van der Waals surface area contributed by atoms with Crippen LogP contribution in [0.2, 0.25) is 0 Å². The first-order valence-corrected chi connectivity index (χ1v) is 19.4. The van der Waals surface area contributed by atoms with Gasteiger partial charge in [-0.3, -0.25) is 19.1 Å². The van der Waals surface area contributed by atoms with Crippen LogP contribution in [-0.4, -0.2) is 109 Å². The van der Waals surface area contributed by atoms with Gasteiger partial charge in [-0.05, 0) is 58.4 Å². The van der Waals surface area contributed by atoms with Crippen molar-refractivity contribution < 1.29 is 56.0 Å². The first-order valence-electron chi connectivity index (χ1n) is 17.9. The molecule has 0 bridgehead atoms. The van der Waals surface area contributed by atoms with Gasteiger partial charge in [0.15, 0.2) is 11.6 Å².